The lowest BCUT2D eigenvalue weighted by Crippen LogP contribution is -2.17. The third kappa shape index (κ3) is 5.41. The summed E-state index contributed by atoms with van der Waals surface area (Å²) in [6, 6.07) is 29.6. The second kappa shape index (κ2) is 11.0. The first kappa shape index (κ1) is 24.2. The fourth-order valence-corrected chi connectivity index (χ4v) is 4.74. The van der Waals surface area contributed by atoms with E-state index in [4.69, 9.17) is 23.2 Å². The summed E-state index contributed by atoms with van der Waals surface area (Å²) in [6.45, 7) is 3.09. The average molecular weight is 489 g/mol. The van der Waals surface area contributed by atoms with E-state index in [1.807, 2.05) is 31.3 Å². The zero-order chi connectivity index (χ0) is 24.1. The van der Waals surface area contributed by atoms with E-state index >= 15 is 0 Å². The molecule has 1 N–H and O–H groups in total. The van der Waals surface area contributed by atoms with Crippen molar-refractivity contribution in [1.82, 2.24) is 0 Å². The molecule has 0 aliphatic carbocycles. The van der Waals surface area contributed by atoms with Crippen LogP contribution in [0.15, 0.2) is 84.9 Å². The molecule has 0 heterocycles. The van der Waals surface area contributed by atoms with Crippen LogP contribution in [0.2, 0.25) is 10.0 Å². The number of hydrogen-bond acceptors (Lipinski definition) is 2. The topological polar surface area (TPSA) is 15.3 Å². The molecule has 34 heavy (non-hydrogen) atoms. The third-order valence-corrected chi connectivity index (χ3v) is 7.08. The second-order valence-corrected chi connectivity index (χ2v) is 9.33. The molecule has 0 saturated carbocycles. The fourth-order valence-electron chi connectivity index (χ4n) is 4.26. The van der Waals surface area contributed by atoms with Crippen LogP contribution in [-0.2, 0) is 12.8 Å². The summed E-state index contributed by atoms with van der Waals surface area (Å²) in [5.41, 5.74) is 9.44. The number of benzene rings is 4. The van der Waals surface area contributed by atoms with Crippen LogP contribution >= 0.6 is 23.2 Å². The van der Waals surface area contributed by atoms with Crippen molar-refractivity contribution < 1.29 is 0 Å². The van der Waals surface area contributed by atoms with Gasteiger partial charge in [0.15, 0.2) is 0 Å². The van der Waals surface area contributed by atoms with Gasteiger partial charge in [0, 0.05) is 54.9 Å². The van der Waals surface area contributed by atoms with Gasteiger partial charge in [-0.3, -0.25) is 0 Å². The Morgan fingerprint density at radius 2 is 1.18 bits per heavy atom. The van der Waals surface area contributed by atoms with Gasteiger partial charge in [0.2, 0.25) is 0 Å². The Morgan fingerprint density at radius 3 is 1.71 bits per heavy atom. The number of rotatable bonds is 8. The Hall–Kier alpha value is -2.94. The first-order chi connectivity index (χ1) is 16.5. The zero-order valence-electron chi connectivity index (χ0n) is 19.9. The van der Waals surface area contributed by atoms with Crippen molar-refractivity contribution in [2.75, 3.05) is 30.9 Å². The van der Waals surface area contributed by atoms with Gasteiger partial charge in [-0.15, -0.1) is 0 Å². The number of hydrogen-bond donors (Lipinski definition) is 1. The summed E-state index contributed by atoms with van der Waals surface area (Å²) in [5, 5.41) is 4.84. The van der Waals surface area contributed by atoms with Crippen molar-refractivity contribution in [3.8, 4) is 11.1 Å². The Kier molecular flexibility index (Phi) is 7.82. The normalized spacial score (nSPS) is 10.9. The van der Waals surface area contributed by atoms with Crippen molar-refractivity contribution in [3.05, 3.63) is 117 Å². The van der Waals surface area contributed by atoms with Gasteiger partial charge in [-0.25, -0.2) is 0 Å². The molecule has 0 amide bonds. The predicted molar refractivity (Wildman–Crippen MR) is 149 cm³/mol. The van der Waals surface area contributed by atoms with Crippen LogP contribution in [0.4, 0.5) is 11.4 Å². The molecular formula is C30H30Cl2N2. The van der Waals surface area contributed by atoms with Crippen LogP contribution in [0.25, 0.3) is 11.1 Å². The van der Waals surface area contributed by atoms with Gasteiger partial charge in [-0.05, 0) is 64.6 Å². The Morgan fingerprint density at radius 1 is 0.676 bits per heavy atom. The molecule has 4 heteroatoms. The molecule has 174 valence electrons. The van der Waals surface area contributed by atoms with Gasteiger partial charge in [0.05, 0.1) is 0 Å². The van der Waals surface area contributed by atoms with Crippen molar-refractivity contribution in [2.45, 2.75) is 19.8 Å². The highest BCUT2D eigenvalue weighted by molar-refractivity contribution is 6.32. The molecule has 0 aromatic heterocycles. The molecule has 4 rings (SSSR count). The molecule has 0 bridgehead atoms. The molecule has 4 aromatic carbocycles. The standard InChI is InChI=1S/C30H30Cl2N2/c1-4-34(3)30-10-6-8-28(32)26(30)20-22-13-17-24(18-14-22)23-15-11-21(12-16-23)19-25-27(31)7-5-9-29(25)33-2/h5-18,33H,4,19-20H2,1-3H3. The van der Waals surface area contributed by atoms with E-state index in [9.17, 15) is 0 Å². The maximum atomic E-state index is 6.57. The summed E-state index contributed by atoms with van der Waals surface area (Å²) in [6.07, 6.45) is 1.60. The molecule has 2 nitrogen and oxygen atoms in total. The van der Waals surface area contributed by atoms with E-state index in [-0.39, 0.29) is 0 Å². The van der Waals surface area contributed by atoms with Gasteiger partial charge >= 0.3 is 0 Å². The number of nitrogens with one attached hydrogen (secondary N) is 1. The lowest BCUT2D eigenvalue weighted by Gasteiger charge is -2.21. The molecule has 0 spiro atoms. The first-order valence-corrected chi connectivity index (χ1v) is 12.4. The van der Waals surface area contributed by atoms with Crippen LogP contribution in [0.1, 0.15) is 29.2 Å². The van der Waals surface area contributed by atoms with E-state index in [0.29, 0.717) is 0 Å². The van der Waals surface area contributed by atoms with Gasteiger partial charge in [-0.2, -0.15) is 0 Å². The highest BCUT2D eigenvalue weighted by atomic mass is 35.5. The molecule has 0 aliphatic heterocycles. The highest BCUT2D eigenvalue weighted by Gasteiger charge is 2.11. The minimum atomic E-state index is 0.790. The summed E-state index contributed by atoms with van der Waals surface area (Å²) < 4.78 is 0. The maximum absolute atomic E-state index is 6.57. The molecular weight excluding hydrogens is 459 g/mol. The molecule has 4 aromatic rings. The monoisotopic (exact) mass is 488 g/mol. The fraction of sp³-hybridized carbons (Fsp3) is 0.200. The Labute approximate surface area is 213 Å². The number of halogens is 2. The Balaban J connectivity index is 1.50. The summed E-state index contributed by atoms with van der Waals surface area (Å²) in [4.78, 5) is 2.24. The second-order valence-electron chi connectivity index (χ2n) is 8.52. The number of nitrogens with zero attached hydrogens (tertiary/aromatic N) is 1. The first-order valence-electron chi connectivity index (χ1n) is 11.6. The van der Waals surface area contributed by atoms with E-state index in [1.165, 1.54) is 33.5 Å². The summed E-state index contributed by atoms with van der Waals surface area (Å²) in [5.74, 6) is 0. The van der Waals surface area contributed by atoms with Crippen molar-refractivity contribution in [1.29, 1.82) is 0 Å². The smallest absolute Gasteiger partial charge is 0.0462 e. The maximum Gasteiger partial charge on any atom is 0.0462 e. The quantitative estimate of drug-likeness (QED) is 0.268. The van der Waals surface area contributed by atoms with E-state index in [0.717, 1.165) is 40.7 Å². The van der Waals surface area contributed by atoms with Gasteiger partial charge in [0.1, 0.15) is 0 Å². The molecule has 0 saturated heterocycles. The van der Waals surface area contributed by atoms with Crippen LogP contribution in [0, 0.1) is 0 Å². The third-order valence-electron chi connectivity index (χ3n) is 6.37. The minimum Gasteiger partial charge on any atom is -0.388 e. The number of anilines is 2. The van der Waals surface area contributed by atoms with Crippen LogP contribution < -0.4 is 10.2 Å². The largest absolute Gasteiger partial charge is 0.388 e. The van der Waals surface area contributed by atoms with Crippen molar-refractivity contribution >= 4 is 34.6 Å². The van der Waals surface area contributed by atoms with Crippen LogP contribution in [-0.4, -0.2) is 20.6 Å². The van der Waals surface area contributed by atoms with Gasteiger partial charge in [0.25, 0.3) is 0 Å². The van der Waals surface area contributed by atoms with Crippen molar-refractivity contribution in [3.63, 3.8) is 0 Å². The molecule has 0 atom stereocenters. The summed E-state index contributed by atoms with van der Waals surface area (Å²) in [7, 11) is 4.03. The van der Waals surface area contributed by atoms with E-state index in [1.54, 1.807) is 0 Å². The van der Waals surface area contributed by atoms with Crippen LogP contribution in [0.5, 0.6) is 0 Å². The highest BCUT2D eigenvalue weighted by Crippen LogP contribution is 2.31. The average Bonchev–Trinajstić information content (AvgIpc) is 2.87. The van der Waals surface area contributed by atoms with Gasteiger partial charge in [-0.1, -0.05) is 83.9 Å². The SMILES string of the molecule is CCN(C)c1cccc(Cl)c1Cc1ccc(-c2ccc(Cc3c(Cl)cccc3NC)cc2)cc1. The predicted octanol–water partition coefficient (Wildman–Crippen LogP) is 8.34. The zero-order valence-corrected chi connectivity index (χ0v) is 21.4. The lowest BCUT2D eigenvalue weighted by molar-refractivity contribution is 0.953. The van der Waals surface area contributed by atoms with Gasteiger partial charge < -0.3 is 10.2 Å². The molecule has 0 fully saturated rings. The van der Waals surface area contributed by atoms with Crippen LogP contribution in [0.3, 0.4) is 0 Å². The molecule has 0 unspecified atom stereocenters. The summed E-state index contributed by atoms with van der Waals surface area (Å²) >= 11 is 13.0. The molecule has 0 radical (unpaired) electrons. The molecule has 0 aliphatic rings. The van der Waals surface area contributed by atoms with Crippen molar-refractivity contribution in [2.24, 2.45) is 0 Å². The Bertz CT molecular complexity index is 1250. The van der Waals surface area contributed by atoms with E-state index in [2.05, 4.69) is 84.9 Å². The minimum absolute atomic E-state index is 0.790. The lowest BCUT2D eigenvalue weighted by atomic mass is 9.97. The van der Waals surface area contributed by atoms with E-state index < -0.39 is 0 Å².